The van der Waals surface area contributed by atoms with Gasteiger partial charge in [-0.05, 0) is 56.7 Å². The second kappa shape index (κ2) is 9.62. The van der Waals surface area contributed by atoms with E-state index in [1.54, 1.807) is 9.58 Å². The van der Waals surface area contributed by atoms with Crippen molar-refractivity contribution in [2.24, 2.45) is 0 Å². The molecule has 0 unspecified atom stereocenters. The molecule has 0 bridgehead atoms. The molecule has 2 fully saturated rings. The SMILES string of the molecule is Cc1cccc(N2CCN(C(=O)Cn3nc(C(=O)N4CC[C@@H](O)[C@@H](O)C4)c4c3CCC4)CC2)c1C. The molecule has 1 aromatic heterocycles. The molecule has 188 valence electrons. The highest BCUT2D eigenvalue weighted by Crippen LogP contribution is 2.28. The molecule has 9 nitrogen and oxygen atoms in total. The molecule has 1 aromatic carbocycles. The number of likely N-dealkylation sites (tertiary alicyclic amines) is 1. The Hall–Kier alpha value is -2.91. The van der Waals surface area contributed by atoms with E-state index in [2.05, 4.69) is 42.0 Å². The number of aromatic nitrogens is 2. The van der Waals surface area contributed by atoms with Crippen LogP contribution in [-0.2, 0) is 24.2 Å². The van der Waals surface area contributed by atoms with Gasteiger partial charge in [-0.1, -0.05) is 12.1 Å². The molecule has 2 atom stereocenters. The zero-order chi connectivity index (χ0) is 24.7. The van der Waals surface area contributed by atoms with Crippen molar-refractivity contribution in [3.05, 3.63) is 46.3 Å². The van der Waals surface area contributed by atoms with Crippen molar-refractivity contribution >= 4 is 17.5 Å². The van der Waals surface area contributed by atoms with Crippen molar-refractivity contribution in [2.75, 3.05) is 44.2 Å². The second-order valence-electron chi connectivity index (χ2n) is 10.0. The Morgan fingerprint density at radius 2 is 1.77 bits per heavy atom. The van der Waals surface area contributed by atoms with E-state index in [-0.39, 0.29) is 24.9 Å². The van der Waals surface area contributed by atoms with Crippen LogP contribution in [0.3, 0.4) is 0 Å². The van der Waals surface area contributed by atoms with Gasteiger partial charge >= 0.3 is 0 Å². The third kappa shape index (κ3) is 4.54. The molecule has 1 aliphatic carbocycles. The van der Waals surface area contributed by atoms with Crippen LogP contribution >= 0.6 is 0 Å². The van der Waals surface area contributed by atoms with Crippen molar-refractivity contribution in [3.8, 4) is 0 Å². The summed E-state index contributed by atoms with van der Waals surface area (Å²) in [6.45, 7) is 7.81. The number of piperidine rings is 1. The maximum Gasteiger partial charge on any atom is 0.274 e. The molecular weight excluding hydrogens is 446 g/mol. The van der Waals surface area contributed by atoms with E-state index in [1.165, 1.54) is 16.8 Å². The summed E-state index contributed by atoms with van der Waals surface area (Å²) in [6, 6.07) is 6.35. The number of fused-ring (bicyclic) bond motifs is 1. The first kappa shape index (κ1) is 23.8. The zero-order valence-corrected chi connectivity index (χ0v) is 20.6. The van der Waals surface area contributed by atoms with Crippen LogP contribution in [0.5, 0.6) is 0 Å². The largest absolute Gasteiger partial charge is 0.390 e. The highest BCUT2D eigenvalue weighted by atomic mass is 16.3. The van der Waals surface area contributed by atoms with Crippen LogP contribution in [0.25, 0.3) is 0 Å². The van der Waals surface area contributed by atoms with E-state index >= 15 is 0 Å². The fourth-order valence-corrected chi connectivity index (χ4v) is 5.57. The predicted octanol–water partition coefficient (Wildman–Crippen LogP) is 0.905. The van der Waals surface area contributed by atoms with Crippen molar-refractivity contribution < 1.29 is 19.8 Å². The number of benzene rings is 1. The van der Waals surface area contributed by atoms with Crippen LogP contribution in [0.1, 0.15) is 45.7 Å². The standard InChI is InChI=1S/C26H35N5O4/c1-17-5-3-7-20(18(17)2)28-11-13-29(14-12-28)24(34)16-31-21-8-4-6-19(21)25(27-31)26(35)30-10-9-22(32)23(33)15-30/h3,5,7,22-23,32-33H,4,6,8-16H2,1-2H3/t22-,23+/m1/s1. The van der Waals surface area contributed by atoms with Gasteiger partial charge < -0.3 is 24.9 Å². The summed E-state index contributed by atoms with van der Waals surface area (Å²) in [6.07, 6.45) is 1.14. The van der Waals surface area contributed by atoms with Crippen LogP contribution in [0.15, 0.2) is 18.2 Å². The second-order valence-corrected chi connectivity index (χ2v) is 10.0. The van der Waals surface area contributed by atoms with Gasteiger partial charge in [-0.25, -0.2) is 0 Å². The molecule has 2 saturated heterocycles. The summed E-state index contributed by atoms with van der Waals surface area (Å²) < 4.78 is 1.73. The zero-order valence-electron chi connectivity index (χ0n) is 20.6. The molecule has 0 radical (unpaired) electrons. The van der Waals surface area contributed by atoms with E-state index in [1.807, 2.05) is 4.90 Å². The number of hydrogen-bond acceptors (Lipinski definition) is 6. The van der Waals surface area contributed by atoms with Gasteiger partial charge in [0.1, 0.15) is 6.54 Å². The normalized spacial score (nSPS) is 22.5. The minimum absolute atomic E-state index is 0.0262. The molecule has 5 rings (SSSR count). The summed E-state index contributed by atoms with van der Waals surface area (Å²) in [5.41, 5.74) is 6.10. The van der Waals surface area contributed by atoms with E-state index < -0.39 is 12.2 Å². The molecular formula is C26H35N5O4. The van der Waals surface area contributed by atoms with Crippen LogP contribution in [-0.4, -0.2) is 93.1 Å². The maximum atomic E-state index is 13.2. The average molecular weight is 482 g/mol. The van der Waals surface area contributed by atoms with Crippen molar-refractivity contribution in [3.63, 3.8) is 0 Å². The summed E-state index contributed by atoms with van der Waals surface area (Å²) in [5, 5.41) is 24.4. The monoisotopic (exact) mass is 481 g/mol. The number of β-amino-alcohol motifs (C(OH)–C–C–N with tert-alkyl or cyclic N) is 1. The number of aryl methyl sites for hydroxylation is 1. The first-order valence-electron chi connectivity index (χ1n) is 12.7. The van der Waals surface area contributed by atoms with Gasteiger partial charge in [0.2, 0.25) is 5.91 Å². The number of hydrogen-bond donors (Lipinski definition) is 2. The van der Waals surface area contributed by atoms with Crippen LogP contribution in [0, 0.1) is 13.8 Å². The van der Waals surface area contributed by atoms with Crippen LogP contribution in [0.2, 0.25) is 0 Å². The third-order valence-corrected chi connectivity index (χ3v) is 7.88. The number of nitrogens with zero attached hydrogens (tertiary/aromatic N) is 5. The van der Waals surface area contributed by atoms with Crippen LogP contribution < -0.4 is 4.90 Å². The Bertz CT molecular complexity index is 1120. The number of piperazine rings is 1. The average Bonchev–Trinajstić information content (AvgIpc) is 3.46. The lowest BCUT2D eigenvalue weighted by atomic mass is 10.0. The van der Waals surface area contributed by atoms with E-state index in [0.717, 1.165) is 43.6 Å². The van der Waals surface area contributed by atoms with Crippen molar-refractivity contribution in [1.29, 1.82) is 0 Å². The van der Waals surface area contributed by atoms with Crippen molar-refractivity contribution in [1.82, 2.24) is 19.6 Å². The molecule has 2 N–H and O–H groups in total. The highest BCUT2D eigenvalue weighted by molar-refractivity contribution is 5.94. The van der Waals surface area contributed by atoms with Gasteiger partial charge in [0.15, 0.2) is 5.69 Å². The predicted molar refractivity (Wildman–Crippen MR) is 131 cm³/mol. The fourth-order valence-electron chi connectivity index (χ4n) is 5.57. The molecule has 2 aliphatic heterocycles. The molecule has 2 amide bonds. The summed E-state index contributed by atoms with van der Waals surface area (Å²) in [4.78, 5) is 32.2. The molecule has 3 heterocycles. The Morgan fingerprint density at radius 3 is 2.51 bits per heavy atom. The Balaban J connectivity index is 1.25. The van der Waals surface area contributed by atoms with Crippen molar-refractivity contribution in [2.45, 2.75) is 58.3 Å². The lowest BCUT2D eigenvalue weighted by Gasteiger charge is -2.37. The number of carbonyl (C=O) groups is 2. The van der Waals surface area contributed by atoms with Gasteiger partial charge in [0.25, 0.3) is 5.91 Å². The van der Waals surface area contributed by atoms with Gasteiger partial charge in [0.05, 0.1) is 12.2 Å². The molecule has 9 heteroatoms. The number of carbonyl (C=O) groups excluding carboxylic acids is 2. The first-order valence-corrected chi connectivity index (χ1v) is 12.7. The van der Waals surface area contributed by atoms with E-state index in [0.29, 0.717) is 31.7 Å². The van der Waals surface area contributed by atoms with E-state index in [4.69, 9.17) is 0 Å². The van der Waals surface area contributed by atoms with Gasteiger partial charge in [-0.2, -0.15) is 5.10 Å². The number of aliphatic hydroxyl groups is 2. The molecule has 2 aromatic rings. The first-order chi connectivity index (χ1) is 16.8. The lowest BCUT2D eigenvalue weighted by molar-refractivity contribution is -0.132. The number of aliphatic hydroxyl groups excluding tert-OH is 2. The quantitative estimate of drug-likeness (QED) is 0.673. The van der Waals surface area contributed by atoms with Gasteiger partial charge in [0, 0.05) is 56.2 Å². The molecule has 3 aliphatic rings. The number of anilines is 1. The third-order valence-electron chi connectivity index (χ3n) is 7.88. The Morgan fingerprint density at radius 1 is 1.00 bits per heavy atom. The number of amides is 2. The van der Waals surface area contributed by atoms with Gasteiger partial charge in [-0.15, -0.1) is 0 Å². The molecule has 0 saturated carbocycles. The van der Waals surface area contributed by atoms with Crippen LogP contribution in [0.4, 0.5) is 5.69 Å². The molecule has 0 spiro atoms. The Kier molecular flexibility index (Phi) is 6.55. The highest BCUT2D eigenvalue weighted by Gasteiger charge is 2.34. The summed E-state index contributed by atoms with van der Waals surface area (Å²) in [5.74, 6) is -0.194. The smallest absolute Gasteiger partial charge is 0.274 e. The topological polar surface area (TPSA) is 102 Å². The maximum absolute atomic E-state index is 13.2. The Labute approximate surface area is 205 Å². The minimum Gasteiger partial charge on any atom is -0.390 e. The van der Waals surface area contributed by atoms with E-state index in [9.17, 15) is 19.8 Å². The lowest BCUT2D eigenvalue weighted by Crippen LogP contribution is -2.50. The minimum atomic E-state index is -0.938. The number of rotatable bonds is 4. The van der Waals surface area contributed by atoms with Gasteiger partial charge in [-0.3, -0.25) is 14.3 Å². The summed E-state index contributed by atoms with van der Waals surface area (Å²) in [7, 11) is 0. The fraction of sp³-hybridized carbons (Fsp3) is 0.577. The molecule has 35 heavy (non-hydrogen) atoms. The summed E-state index contributed by atoms with van der Waals surface area (Å²) >= 11 is 0.